The maximum absolute atomic E-state index is 12.3. The van der Waals surface area contributed by atoms with Gasteiger partial charge in [0.25, 0.3) is 0 Å². The van der Waals surface area contributed by atoms with E-state index in [9.17, 15) is 4.79 Å². The number of anilines is 1. The Labute approximate surface area is 116 Å². The molecule has 1 fully saturated rings. The number of benzene rings is 1. The summed E-state index contributed by atoms with van der Waals surface area (Å²) in [7, 11) is 0. The number of hydrogen-bond donors (Lipinski definition) is 2. The molecular formula is C14H19BrN2O. The fraction of sp³-hybridized carbons (Fsp3) is 0.500. The highest BCUT2D eigenvalue weighted by atomic mass is 79.9. The van der Waals surface area contributed by atoms with Gasteiger partial charge >= 0.3 is 0 Å². The Morgan fingerprint density at radius 3 is 2.94 bits per heavy atom. The minimum Gasteiger partial charge on any atom is -0.325 e. The minimum atomic E-state index is -0.120. The van der Waals surface area contributed by atoms with Crippen LogP contribution in [0, 0.1) is 5.41 Å². The molecule has 1 atom stereocenters. The van der Waals surface area contributed by atoms with Crippen molar-refractivity contribution in [1.29, 1.82) is 0 Å². The average Bonchev–Trinajstić information content (AvgIpc) is 2.28. The molecule has 0 bridgehead atoms. The molecule has 0 saturated carbocycles. The number of rotatable bonds is 2. The van der Waals surface area contributed by atoms with Crippen molar-refractivity contribution in [2.24, 2.45) is 5.41 Å². The number of piperidine rings is 1. The van der Waals surface area contributed by atoms with Crippen molar-refractivity contribution >= 4 is 27.5 Å². The fourth-order valence-electron chi connectivity index (χ4n) is 2.44. The molecular weight excluding hydrogens is 292 g/mol. The van der Waals surface area contributed by atoms with Crippen LogP contribution in [0.1, 0.15) is 26.7 Å². The fourth-order valence-corrected chi connectivity index (χ4v) is 2.84. The number of hydrogen-bond acceptors (Lipinski definition) is 2. The molecule has 0 aliphatic carbocycles. The maximum atomic E-state index is 12.3. The van der Waals surface area contributed by atoms with Crippen LogP contribution < -0.4 is 10.6 Å². The summed E-state index contributed by atoms with van der Waals surface area (Å²) >= 11 is 3.40. The summed E-state index contributed by atoms with van der Waals surface area (Å²) in [5, 5.41) is 6.30. The van der Waals surface area contributed by atoms with E-state index in [1.54, 1.807) is 0 Å². The molecule has 1 unspecified atom stereocenters. The second kappa shape index (κ2) is 5.41. The number of carbonyl (C=O) groups is 1. The van der Waals surface area contributed by atoms with Crippen molar-refractivity contribution in [2.45, 2.75) is 32.7 Å². The lowest BCUT2D eigenvalue weighted by Crippen LogP contribution is -2.53. The normalized spacial score (nSPS) is 22.5. The lowest BCUT2D eigenvalue weighted by molar-refractivity contribution is -0.121. The summed E-state index contributed by atoms with van der Waals surface area (Å²) in [5.41, 5.74) is 0.839. The van der Waals surface area contributed by atoms with E-state index in [0.717, 1.165) is 29.5 Å². The van der Waals surface area contributed by atoms with Crippen LogP contribution in [-0.2, 0) is 4.79 Å². The van der Waals surface area contributed by atoms with Gasteiger partial charge in [-0.3, -0.25) is 4.79 Å². The summed E-state index contributed by atoms with van der Waals surface area (Å²) in [4.78, 5) is 12.3. The van der Waals surface area contributed by atoms with Crippen molar-refractivity contribution in [1.82, 2.24) is 5.32 Å². The third-order valence-electron chi connectivity index (χ3n) is 3.48. The van der Waals surface area contributed by atoms with Crippen LogP contribution in [0.2, 0.25) is 0 Å². The Bertz CT molecular complexity index is 445. The standard InChI is InChI=1S/C14H19BrN2O/c1-14(2)7-4-8-16-12(14)13(18)17-11-6-3-5-10(15)9-11/h3,5-6,9,12,16H,4,7-8H2,1-2H3,(H,17,18). The lowest BCUT2D eigenvalue weighted by atomic mass is 9.77. The molecule has 0 spiro atoms. The Balaban J connectivity index is 2.07. The molecule has 1 aliphatic rings. The average molecular weight is 311 g/mol. The lowest BCUT2D eigenvalue weighted by Gasteiger charge is -2.38. The Morgan fingerprint density at radius 2 is 2.28 bits per heavy atom. The highest BCUT2D eigenvalue weighted by molar-refractivity contribution is 9.10. The molecule has 1 heterocycles. The van der Waals surface area contributed by atoms with Crippen molar-refractivity contribution in [3.63, 3.8) is 0 Å². The van der Waals surface area contributed by atoms with Gasteiger partial charge in [0.05, 0.1) is 6.04 Å². The quantitative estimate of drug-likeness (QED) is 0.881. The van der Waals surface area contributed by atoms with E-state index >= 15 is 0 Å². The van der Waals surface area contributed by atoms with E-state index < -0.39 is 0 Å². The summed E-state index contributed by atoms with van der Waals surface area (Å²) in [6.45, 7) is 5.20. The van der Waals surface area contributed by atoms with Gasteiger partial charge in [-0.15, -0.1) is 0 Å². The zero-order valence-corrected chi connectivity index (χ0v) is 12.4. The topological polar surface area (TPSA) is 41.1 Å². The van der Waals surface area contributed by atoms with Gasteiger partial charge in [0.1, 0.15) is 0 Å². The van der Waals surface area contributed by atoms with Crippen molar-refractivity contribution in [3.05, 3.63) is 28.7 Å². The zero-order valence-electron chi connectivity index (χ0n) is 10.8. The molecule has 1 aromatic carbocycles. The Hall–Kier alpha value is -0.870. The van der Waals surface area contributed by atoms with Gasteiger partial charge in [0.2, 0.25) is 5.91 Å². The van der Waals surface area contributed by atoms with Crippen LogP contribution in [-0.4, -0.2) is 18.5 Å². The van der Waals surface area contributed by atoms with Gasteiger partial charge < -0.3 is 10.6 Å². The molecule has 0 aromatic heterocycles. The SMILES string of the molecule is CC1(C)CCCNC1C(=O)Nc1cccc(Br)c1. The molecule has 1 aromatic rings. The van der Waals surface area contributed by atoms with Gasteiger partial charge in [-0.2, -0.15) is 0 Å². The highest BCUT2D eigenvalue weighted by Gasteiger charge is 2.36. The molecule has 3 nitrogen and oxygen atoms in total. The molecule has 0 radical (unpaired) electrons. The molecule has 4 heteroatoms. The number of carbonyl (C=O) groups excluding carboxylic acids is 1. The van der Waals surface area contributed by atoms with E-state index in [-0.39, 0.29) is 17.4 Å². The third-order valence-corrected chi connectivity index (χ3v) is 3.98. The number of nitrogens with one attached hydrogen (secondary N) is 2. The monoisotopic (exact) mass is 310 g/mol. The van der Waals surface area contributed by atoms with Crippen LogP contribution in [0.5, 0.6) is 0 Å². The van der Waals surface area contributed by atoms with Gasteiger partial charge in [-0.05, 0) is 43.0 Å². The van der Waals surface area contributed by atoms with Crippen LogP contribution in [0.25, 0.3) is 0 Å². The van der Waals surface area contributed by atoms with Gasteiger partial charge in [0, 0.05) is 10.2 Å². The van der Waals surface area contributed by atoms with Crippen LogP contribution in [0.3, 0.4) is 0 Å². The first kappa shape index (κ1) is 13.6. The first-order valence-electron chi connectivity index (χ1n) is 6.29. The Morgan fingerprint density at radius 1 is 1.50 bits per heavy atom. The first-order chi connectivity index (χ1) is 8.49. The number of amides is 1. The minimum absolute atomic E-state index is 0.00828. The van der Waals surface area contributed by atoms with E-state index in [0.29, 0.717) is 0 Å². The molecule has 2 N–H and O–H groups in total. The van der Waals surface area contributed by atoms with Crippen molar-refractivity contribution in [3.8, 4) is 0 Å². The molecule has 1 amide bonds. The van der Waals surface area contributed by atoms with E-state index in [1.165, 1.54) is 0 Å². The van der Waals surface area contributed by atoms with E-state index in [1.807, 2.05) is 24.3 Å². The highest BCUT2D eigenvalue weighted by Crippen LogP contribution is 2.30. The Kier molecular flexibility index (Phi) is 4.07. The van der Waals surface area contributed by atoms with E-state index in [2.05, 4.69) is 40.4 Å². The van der Waals surface area contributed by atoms with Gasteiger partial charge in [-0.1, -0.05) is 35.8 Å². The van der Waals surface area contributed by atoms with Crippen LogP contribution in [0.15, 0.2) is 28.7 Å². The number of halogens is 1. The van der Waals surface area contributed by atoms with Crippen molar-refractivity contribution < 1.29 is 4.79 Å². The summed E-state index contributed by atoms with van der Waals surface area (Å²) in [6, 6.07) is 7.55. The third kappa shape index (κ3) is 3.12. The summed E-state index contributed by atoms with van der Waals surface area (Å²) in [6.07, 6.45) is 2.21. The molecule has 1 aliphatic heterocycles. The first-order valence-corrected chi connectivity index (χ1v) is 7.08. The van der Waals surface area contributed by atoms with Gasteiger partial charge in [0.15, 0.2) is 0 Å². The van der Waals surface area contributed by atoms with Crippen LogP contribution in [0.4, 0.5) is 5.69 Å². The molecule has 1 saturated heterocycles. The second-order valence-electron chi connectivity index (χ2n) is 5.48. The van der Waals surface area contributed by atoms with Crippen molar-refractivity contribution in [2.75, 3.05) is 11.9 Å². The smallest absolute Gasteiger partial charge is 0.242 e. The summed E-state index contributed by atoms with van der Waals surface area (Å²) in [5.74, 6) is 0.0535. The second-order valence-corrected chi connectivity index (χ2v) is 6.39. The van der Waals surface area contributed by atoms with Crippen LogP contribution >= 0.6 is 15.9 Å². The molecule has 18 heavy (non-hydrogen) atoms. The summed E-state index contributed by atoms with van der Waals surface area (Å²) < 4.78 is 0.969. The molecule has 98 valence electrons. The maximum Gasteiger partial charge on any atom is 0.242 e. The molecule has 2 rings (SSSR count). The van der Waals surface area contributed by atoms with E-state index in [4.69, 9.17) is 0 Å². The zero-order chi connectivity index (χ0) is 13.2. The largest absolute Gasteiger partial charge is 0.325 e. The predicted octanol–water partition coefficient (Wildman–Crippen LogP) is 3.17. The van der Waals surface area contributed by atoms with Gasteiger partial charge in [-0.25, -0.2) is 0 Å². The predicted molar refractivity (Wildman–Crippen MR) is 77.6 cm³/mol.